The highest BCUT2D eigenvalue weighted by Crippen LogP contribution is 2.31. The number of halogens is 1. The van der Waals surface area contributed by atoms with Crippen molar-refractivity contribution in [2.24, 2.45) is 0 Å². The summed E-state index contributed by atoms with van der Waals surface area (Å²) in [6.07, 6.45) is 2.12. The van der Waals surface area contributed by atoms with Crippen molar-refractivity contribution in [3.05, 3.63) is 95.3 Å². The van der Waals surface area contributed by atoms with Gasteiger partial charge in [-0.2, -0.15) is 0 Å². The average Bonchev–Trinajstić information content (AvgIpc) is 3.54. The SMILES string of the molecule is Cc1ccc(-c2nnc(SCc3ccccc3C(=O)N3CCCC3)n2-c2ccc(F)cc2)cc1. The van der Waals surface area contributed by atoms with Gasteiger partial charge in [0.25, 0.3) is 5.91 Å². The number of aromatic nitrogens is 3. The van der Waals surface area contributed by atoms with E-state index in [9.17, 15) is 9.18 Å². The Balaban J connectivity index is 1.47. The van der Waals surface area contributed by atoms with Crippen molar-refractivity contribution in [3.63, 3.8) is 0 Å². The zero-order valence-electron chi connectivity index (χ0n) is 18.9. The highest BCUT2D eigenvalue weighted by Gasteiger charge is 2.22. The minimum absolute atomic E-state index is 0.0917. The summed E-state index contributed by atoms with van der Waals surface area (Å²) in [6, 6.07) is 22.2. The first-order valence-electron chi connectivity index (χ1n) is 11.4. The lowest BCUT2D eigenvalue weighted by Crippen LogP contribution is -2.28. The molecule has 3 aromatic carbocycles. The van der Waals surface area contributed by atoms with E-state index in [2.05, 4.69) is 10.2 Å². The van der Waals surface area contributed by atoms with Crippen LogP contribution >= 0.6 is 11.8 Å². The fourth-order valence-electron chi connectivity index (χ4n) is 4.16. The molecule has 1 aliphatic heterocycles. The van der Waals surface area contributed by atoms with Crippen LogP contribution in [0.2, 0.25) is 0 Å². The number of rotatable bonds is 6. The summed E-state index contributed by atoms with van der Waals surface area (Å²) in [6.45, 7) is 3.68. The highest BCUT2D eigenvalue weighted by molar-refractivity contribution is 7.98. The molecular weight excluding hydrogens is 447 g/mol. The first kappa shape index (κ1) is 22.3. The van der Waals surface area contributed by atoms with E-state index in [1.54, 1.807) is 12.1 Å². The fourth-order valence-corrected chi connectivity index (χ4v) is 5.12. The zero-order chi connectivity index (χ0) is 23.5. The summed E-state index contributed by atoms with van der Waals surface area (Å²) >= 11 is 1.52. The first-order chi connectivity index (χ1) is 16.6. The Labute approximate surface area is 202 Å². The first-order valence-corrected chi connectivity index (χ1v) is 12.4. The molecule has 4 aromatic rings. The smallest absolute Gasteiger partial charge is 0.254 e. The minimum Gasteiger partial charge on any atom is -0.339 e. The third-order valence-corrected chi connectivity index (χ3v) is 7.00. The molecule has 0 bridgehead atoms. The molecule has 1 aromatic heterocycles. The van der Waals surface area contributed by atoms with Crippen LogP contribution in [0.4, 0.5) is 4.39 Å². The maximum absolute atomic E-state index is 13.6. The number of thioether (sulfide) groups is 1. The van der Waals surface area contributed by atoms with Gasteiger partial charge >= 0.3 is 0 Å². The normalized spacial score (nSPS) is 13.4. The summed E-state index contributed by atoms with van der Waals surface area (Å²) in [5.41, 5.74) is 4.58. The number of aryl methyl sites for hydroxylation is 1. The average molecular weight is 473 g/mol. The lowest BCUT2D eigenvalue weighted by Gasteiger charge is -2.17. The van der Waals surface area contributed by atoms with E-state index in [0.717, 1.165) is 53.9 Å². The molecule has 7 heteroatoms. The van der Waals surface area contributed by atoms with Gasteiger partial charge in [-0.05, 0) is 55.7 Å². The predicted molar refractivity (Wildman–Crippen MR) is 133 cm³/mol. The van der Waals surface area contributed by atoms with Crippen LogP contribution < -0.4 is 0 Å². The van der Waals surface area contributed by atoms with E-state index < -0.39 is 0 Å². The van der Waals surface area contributed by atoms with Gasteiger partial charge in [-0.15, -0.1) is 10.2 Å². The van der Waals surface area contributed by atoms with Crippen molar-refractivity contribution in [2.45, 2.75) is 30.7 Å². The molecule has 0 spiro atoms. The summed E-state index contributed by atoms with van der Waals surface area (Å²) in [7, 11) is 0. The maximum atomic E-state index is 13.6. The number of hydrogen-bond acceptors (Lipinski definition) is 4. The van der Waals surface area contributed by atoms with Gasteiger partial charge in [0.05, 0.1) is 0 Å². The number of nitrogens with zero attached hydrogens (tertiary/aromatic N) is 4. The van der Waals surface area contributed by atoms with E-state index in [1.807, 2.05) is 64.9 Å². The van der Waals surface area contributed by atoms with Gasteiger partial charge in [-0.3, -0.25) is 9.36 Å². The van der Waals surface area contributed by atoms with Crippen LogP contribution in [-0.2, 0) is 5.75 Å². The van der Waals surface area contributed by atoms with Crippen LogP contribution in [-0.4, -0.2) is 38.7 Å². The molecule has 1 aliphatic rings. The molecule has 1 saturated heterocycles. The lowest BCUT2D eigenvalue weighted by molar-refractivity contribution is 0.0792. The highest BCUT2D eigenvalue weighted by atomic mass is 32.2. The molecule has 0 saturated carbocycles. The van der Waals surface area contributed by atoms with Crippen LogP contribution in [0.5, 0.6) is 0 Å². The lowest BCUT2D eigenvalue weighted by atomic mass is 10.1. The standard InChI is InChI=1S/C27H25FN4OS/c1-19-8-10-20(11-9-19)25-29-30-27(32(25)23-14-12-22(28)13-15-23)34-18-21-6-2-3-7-24(21)26(33)31-16-4-5-17-31/h2-3,6-15H,4-5,16-18H2,1H3. The zero-order valence-corrected chi connectivity index (χ0v) is 19.8. The van der Waals surface area contributed by atoms with Crippen LogP contribution in [0.1, 0.15) is 34.3 Å². The molecule has 0 N–H and O–H groups in total. The number of benzene rings is 3. The van der Waals surface area contributed by atoms with Crippen LogP contribution in [0.25, 0.3) is 17.1 Å². The topological polar surface area (TPSA) is 51.0 Å². The van der Waals surface area contributed by atoms with Crippen molar-refractivity contribution >= 4 is 17.7 Å². The van der Waals surface area contributed by atoms with Crippen LogP contribution in [0, 0.1) is 12.7 Å². The maximum Gasteiger partial charge on any atom is 0.254 e. The van der Waals surface area contributed by atoms with Gasteiger partial charge in [0.15, 0.2) is 11.0 Å². The van der Waals surface area contributed by atoms with E-state index in [0.29, 0.717) is 16.7 Å². The summed E-state index contributed by atoms with van der Waals surface area (Å²) in [5.74, 6) is 1.06. The van der Waals surface area contributed by atoms with Crippen molar-refractivity contribution in [1.29, 1.82) is 0 Å². The molecule has 0 unspecified atom stereocenters. The van der Waals surface area contributed by atoms with E-state index in [4.69, 9.17) is 0 Å². The molecule has 1 amide bonds. The molecule has 5 nitrogen and oxygen atoms in total. The van der Waals surface area contributed by atoms with Crippen LogP contribution in [0.3, 0.4) is 0 Å². The third-order valence-electron chi connectivity index (χ3n) is 6.03. The van der Waals surface area contributed by atoms with Gasteiger partial charge in [0.2, 0.25) is 0 Å². The van der Waals surface area contributed by atoms with E-state index in [1.165, 1.54) is 23.9 Å². The van der Waals surface area contributed by atoms with Gasteiger partial charge in [0, 0.05) is 35.7 Å². The van der Waals surface area contributed by atoms with Gasteiger partial charge in [-0.25, -0.2) is 4.39 Å². The molecular formula is C27H25FN4OS. The fraction of sp³-hybridized carbons (Fsp3) is 0.222. The monoisotopic (exact) mass is 472 g/mol. The third kappa shape index (κ3) is 4.61. The quantitative estimate of drug-likeness (QED) is 0.327. The molecule has 172 valence electrons. The minimum atomic E-state index is -0.294. The number of likely N-dealkylation sites (tertiary alicyclic amines) is 1. The molecule has 34 heavy (non-hydrogen) atoms. The van der Waals surface area contributed by atoms with Gasteiger partial charge in [-0.1, -0.05) is 59.8 Å². The molecule has 2 heterocycles. The van der Waals surface area contributed by atoms with Crippen LogP contribution in [0.15, 0.2) is 78.0 Å². The largest absolute Gasteiger partial charge is 0.339 e. The molecule has 0 aliphatic carbocycles. The Morgan fingerprint density at radius 1 is 0.941 bits per heavy atom. The van der Waals surface area contributed by atoms with Crippen molar-refractivity contribution in [2.75, 3.05) is 13.1 Å². The second-order valence-electron chi connectivity index (χ2n) is 8.43. The van der Waals surface area contributed by atoms with Crippen molar-refractivity contribution in [1.82, 2.24) is 19.7 Å². The molecule has 5 rings (SSSR count). The number of carbonyl (C=O) groups is 1. The Morgan fingerprint density at radius 2 is 1.65 bits per heavy atom. The second-order valence-corrected chi connectivity index (χ2v) is 9.37. The van der Waals surface area contributed by atoms with Gasteiger partial charge in [0.1, 0.15) is 5.82 Å². The Bertz CT molecular complexity index is 1300. The predicted octanol–water partition coefficient (Wildman–Crippen LogP) is 5.91. The van der Waals surface area contributed by atoms with Crippen molar-refractivity contribution < 1.29 is 9.18 Å². The Morgan fingerprint density at radius 3 is 2.38 bits per heavy atom. The summed E-state index contributed by atoms with van der Waals surface area (Å²) < 4.78 is 15.6. The molecule has 0 atom stereocenters. The Hall–Kier alpha value is -3.45. The summed E-state index contributed by atoms with van der Waals surface area (Å²) in [5, 5.41) is 9.62. The molecule has 1 fully saturated rings. The number of carbonyl (C=O) groups excluding carboxylic acids is 1. The van der Waals surface area contributed by atoms with E-state index in [-0.39, 0.29) is 11.7 Å². The van der Waals surface area contributed by atoms with Gasteiger partial charge < -0.3 is 4.90 Å². The summed E-state index contributed by atoms with van der Waals surface area (Å²) in [4.78, 5) is 15.0. The second kappa shape index (κ2) is 9.81. The van der Waals surface area contributed by atoms with E-state index >= 15 is 0 Å². The number of amides is 1. The Kier molecular flexibility index (Phi) is 6.45. The van der Waals surface area contributed by atoms with Crippen molar-refractivity contribution in [3.8, 4) is 17.1 Å². The molecule has 0 radical (unpaired) electrons. The number of hydrogen-bond donors (Lipinski definition) is 0.